The molecule has 1 aromatic rings. The van der Waals surface area contributed by atoms with Gasteiger partial charge in [0.25, 0.3) is 0 Å². The van der Waals surface area contributed by atoms with Crippen molar-refractivity contribution in [3.05, 3.63) is 52.6 Å². The van der Waals surface area contributed by atoms with Crippen LogP contribution in [0.2, 0.25) is 0 Å². The van der Waals surface area contributed by atoms with Crippen LogP contribution in [0.3, 0.4) is 0 Å². The number of rotatable bonds is 2. The Kier molecular flexibility index (Phi) is 3.11. The molecule has 0 saturated carbocycles. The Bertz CT molecular complexity index is 589. The highest BCUT2D eigenvalue weighted by Crippen LogP contribution is 2.47. The molecule has 0 aliphatic carbocycles. The third-order valence-electron chi connectivity index (χ3n) is 3.56. The zero-order chi connectivity index (χ0) is 13.4. The van der Waals surface area contributed by atoms with Crippen LogP contribution in [0, 0.1) is 5.92 Å². The minimum atomic E-state index is -0.780. The molecule has 0 aromatic heterocycles. The minimum Gasteiger partial charge on any atom is -0.481 e. The Hall–Kier alpha value is -1.68. The van der Waals surface area contributed by atoms with Gasteiger partial charge >= 0.3 is 5.97 Å². The van der Waals surface area contributed by atoms with Crippen molar-refractivity contribution >= 4 is 17.7 Å². The van der Waals surface area contributed by atoms with Crippen LogP contribution in [0.25, 0.3) is 0 Å². The molecule has 19 heavy (non-hydrogen) atoms. The number of benzene rings is 1. The molecule has 1 N–H and O–H groups in total. The van der Waals surface area contributed by atoms with Gasteiger partial charge in [-0.1, -0.05) is 25.1 Å². The lowest BCUT2D eigenvalue weighted by Crippen LogP contribution is -2.26. The first kappa shape index (κ1) is 12.4. The van der Waals surface area contributed by atoms with Crippen molar-refractivity contribution < 1.29 is 14.6 Å². The Labute approximate surface area is 116 Å². The van der Waals surface area contributed by atoms with Gasteiger partial charge in [0.15, 0.2) is 0 Å². The fourth-order valence-electron chi connectivity index (χ4n) is 2.56. The standard InChI is InChI=1S/C15H14O3S/c1-9(15(16)17)14-10-4-2-3-5-12(10)18-13-6-7-19-8-11(13)14/h2-6,8-9,14H,7H2,1H3,(H,16,17). The highest BCUT2D eigenvalue weighted by atomic mass is 32.2. The molecule has 2 atom stereocenters. The molecule has 0 amide bonds. The number of thioether (sulfide) groups is 1. The second-order valence-corrected chi connectivity index (χ2v) is 5.62. The van der Waals surface area contributed by atoms with Crippen molar-refractivity contribution in [3.8, 4) is 5.75 Å². The molecule has 3 rings (SSSR count). The molecule has 0 saturated heterocycles. The van der Waals surface area contributed by atoms with Crippen LogP contribution in [0.1, 0.15) is 18.4 Å². The van der Waals surface area contributed by atoms with Crippen molar-refractivity contribution in [2.24, 2.45) is 5.92 Å². The summed E-state index contributed by atoms with van der Waals surface area (Å²) in [6.07, 6.45) is 2.03. The Morgan fingerprint density at radius 1 is 1.47 bits per heavy atom. The van der Waals surface area contributed by atoms with E-state index in [9.17, 15) is 9.90 Å². The zero-order valence-electron chi connectivity index (χ0n) is 10.5. The molecule has 0 bridgehead atoms. The molecule has 0 fully saturated rings. The summed E-state index contributed by atoms with van der Waals surface area (Å²) in [6, 6.07) is 7.69. The third kappa shape index (κ3) is 2.06. The molecule has 98 valence electrons. The van der Waals surface area contributed by atoms with E-state index in [2.05, 4.69) is 0 Å². The summed E-state index contributed by atoms with van der Waals surface area (Å²) in [6.45, 7) is 1.76. The first-order valence-electron chi connectivity index (χ1n) is 6.20. The smallest absolute Gasteiger partial charge is 0.307 e. The fourth-order valence-corrected chi connectivity index (χ4v) is 3.35. The highest BCUT2D eigenvalue weighted by molar-refractivity contribution is 8.02. The van der Waals surface area contributed by atoms with Crippen molar-refractivity contribution in [1.29, 1.82) is 0 Å². The van der Waals surface area contributed by atoms with Crippen molar-refractivity contribution in [2.45, 2.75) is 12.8 Å². The predicted octanol–water partition coefficient (Wildman–Crippen LogP) is 3.40. The number of aliphatic carboxylic acids is 1. The highest BCUT2D eigenvalue weighted by Gasteiger charge is 2.37. The summed E-state index contributed by atoms with van der Waals surface area (Å²) < 4.78 is 5.88. The van der Waals surface area contributed by atoms with Crippen LogP contribution < -0.4 is 4.74 Å². The molecule has 0 radical (unpaired) electrons. The Balaban J connectivity index is 2.15. The number of carboxylic acid groups (broad SMARTS) is 1. The quantitative estimate of drug-likeness (QED) is 0.898. The summed E-state index contributed by atoms with van der Waals surface area (Å²) in [7, 11) is 0. The second-order valence-electron chi connectivity index (χ2n) is 4.72. The summed E-state index contributed by atoms with van der Waals surface area (Å²) in [4.78, 5) is 11.4. The SMILES string of the molecule is CC(C(=O)O)C1C2=CSCC=C2Oc2ccccc21. The molecule has 2 heterocycles. The largest absolute Gasteiger partial charge is 0.481 e. The van der Waals surface area contributed by atoms with E-state index in [0.29, 0.717) is 0 Å². The van der Waals surface area contributed by atoms with E-state index in [-0.39, 0.29) is 5.92 Å². The molecule has 3 nitrogen and oxygen atoms in total. The maximum atomic E-state index is 11.4. The average molecular weight is 274 g/mol. The number of carboxylic acids is 1. The molecule has 1 aromatic carbocycles. The Morgan fingerprint density at radius 2 is 2.26 bits per heavy atom. The van der Waals surface area contributed by atoms with Gasteiger partial charge in [0.2, 0.25) is 0 Å². The van der Waals surface area contributed by atoms with Gasteiger partial charge in [-0.25, -0.2) is 0 Å². The number of allylic oxidation sites excluding steroid dienone is 1. The molecule has 2 aliphatic rings. The number of hydrogen-bond donors (Lipinski definition) is 1. The predicted molar refractivity (Wildman–Crippen MR) is 75.2 cm³/mol. The topological polar surface area (TPSA) is 46.5 Å². The van der Waals surface area contributed by atoms with Crippen LogP contribution in [0.5, 0.6) is 5.75 Å². The van der Waals surface area contributed by atoms with Gasteiger partial charge in [-0.15, -0.1) is 11.8 Å². The van der Waals surface area contributed by atoms with Gasteiger partial charge in [0.1, 0.15) is 11.5 Å². The van der Waals surface area contributed by atoms with Crippen LogP contribution in [-0.4, -0.2) is 16.8 Å². The van der Waals surface area contributed by atoms with Crippen LogP contribution in [0.15, 0.2) is 47.1 Å². The maximum absolute atomic E-state index is 11.4. The fraction of sp³-hybridized carbons (Fsp3) is 0.267. The van der Waals surface area contributed by atoms with E-state index >= 15 is 0 Å². The first-order valence-corrected chi connectivity index (χ1v) is 7.25. The van der Waals surface area contributed by atoms with Crippen LogP contribution in [-0.2, 0) is 4.79 Å². The lowest BCUT2D eigenvalue weighted by Gasteiger charge is -2.33. The molecule has 2 unspecified atom stereocenters. The zero-order valence-corrected chi connectivity index (χ0v) is 11.3. The summed E-state index contributed by atoms with van der Waals surface area (Å²) in [5, 5.41) is 11.4. The van der Waals surface area contributed by atoms with Gasteiger partial charge in [-0.05, 0) is 17.6 Å². The summed E-state index contributed by atoms with van der Waals surface area (Å²) in [5.41, 5.74) is 1.95. The average Bonchev–Trinajstić information content (AvgIpc) is 2.43. The Morgan fingerprint density at radius 3 is 3.05 bits per heavy atom. The van der Waals surface area contributed by atoms with Crippen LogP contribution in [0.4, 0.5) is 0 Å². The summed E-state index contributed by atoms with van der Waals surface area (Å²) >= 11 is 1.68. The molecule has 4 heteroatoms. The normalized spacial score (nSPS) is 22.3. The summed E-state index contributed by atoms with van der Waals surface area (Å²) in [5.74, 6) is 1.07. The van der Waals surface area contributed by atoms with Gasteiger partial charge < -0.3 is 9.84 Å². The molecule has 0 spiro atoms. The first-order chi connectivity index (χ1) is 9.18. The van der Waals surface area contributed by atoms with Gasteiger partial charge in [-0.3, -0.25) is 4.79 Å². The maximum Gasteiger partial charge on any atom is 0.307 e. The number of para-hydroxylation sites is 1. The van der Waals surface area contributed by atoms with Crippen molar-refractivity contribution in [3.63, 3.8) is 0 Å². The van der Waals surface area contributed by atoms with Crippen molar-refractivity contribution in [2.75, 3.05) is 5.75 Å². The van der Waals surface area contributed by atoms with E-state index in [1.165, 1.54) is 0 Å². The number of fused-ring (bicyclic) bond motifs is 2. The van der Waals surface area contributed by atoms with E-state index in [1.54, 1.807) is 18.7 Å². The lowest BCUT2D eigenvalue weighted by atomic mass is 9.79. The number of ether oxygens (including phenoxy) is 1. The van der Waals surface area contributed by atoms with Gasteiger partial charge in [0, 0.05) is 22.8 Å². The van der Waals surface area contributed by atoms with Gasteiger partial charge in [0.05, 0.1) is 5.92 Å². The lowest BCUT2D eigenvalue weighted by molar-refractivity contribution is -0.141. The number of carbonyl (C=O) groups is 1. The van der Waals surface area contributed by atoms with E-state index in [4.69, 9.17) is 4.74 Å². The third-order valence-corrected chi connectivity index (χ3v) is 4.34. The van der Waals surface area contributed by atoms with E-state index in [1.807, 2.05) is 35.7 Å². The molecular weight excluding hydrogens is 260 g/mol. The van der Waals surface area contributed by atoms with Gasteiger partial charge in [-0.2, -0.15) is 0 Å². The van der Waals surface area contributed by atoms with Crippen LogP contribution >= 0.6 is 11.8 Å². The number of hydrogen-bond acceptors (Lipinski definition) is 3. The van der Waals surface area contributed by atoms with Crippen molar-refractivity contribution in [1.82, 2.24) is 0 Å². The minimum absolute atomic E-state index is 0.138. The van der Waals surface area contributed by atoms with E-state index < -0.39 is 11.9 Å². The second kappa shape index (κ2) is 4.78. The monoisotopic (exact) mass is 274 g/mol. The molecule has 2 aliphatic heterocycles. The van der Waals surface area contributed by atoms with E-state index in [0.717, 1.165) is 28.4 Å². The molecular formula is C15H14O3S.